The smallest absolute Gasteiger partial charge is 0.0900 e. The fraction of sp³-hybridized carbons (Fsp3) is 1.00. The van der Waals surface area contributed by atoms with Gasteiger partial charge in [-0.3, -0.25) is 0 Å². The molecule has 5 rings (SSSR count). The molecular formula is C22H39NO3. The van der Waals surface area contributed by atoms with Gasteiger partial charge in [-0.2, -0.15) is 0 Å². The third-order valence-corrected chi connectivity index (χ3v) is 7.34. The molecule has 4 heteroatoms. The summed E-state index contributed by atoms with van der Waals surface area (Å²) in [7, 11) is 0. The number of hydrogen-bond donors (Lipinski definition) is 1. The van der Waals surface area contributed by atoms with E-state index < -0.39 is 0 Å². The summed E-state index contributed by atoms with van der Waals surface area (Å²) in [5.41, 5.74) is 0.177. The van der Waals surface area contributed by atoms with Crippen molar-refractivity contribution in [3.8, 4) is 0 Å². The normalized spacial score (nSPS) is 43.7. The molecule has 0 radical (unpaired) electrons. The highest BCUT2D eigenvalue weighted by molar-refractivity contribution is 5.03. The summed E-state index contributed by atoms with van der Waals surface area (Å²) in [5, 5.41) is 10.3. The molecule has 5 fully saturated rings. The molecule has 0 aromatic rings. The molecule has 0 aromatic carbocycles. The molecule has 0 amide bonds. The van der Waals surface area contributed by atoms with Crippen LogP contribution in [-0.4, -0.2) is 61.2 Å². The largest absolute Gasteiger partial charge is 0.389 e. The second-order valence-corrected chi connectivity index (χ2v) is 10.3. The summed E-state index contributed by atoms with van der Waals surface area (Å²) in [6, 6.07) is 0. The molecule has 0 aromatic heterocycles. The van der Waals surface area contributed by atoms with Crippen molar-refractivity contribution in [2.75, 3.05) is 39.5 Å². The SMILES string of the molecule is C[C@@H]1C[C@H](C)CN(C[C@@H](O)COCCOC23CC4CC(CC(C4)C2)C3)C1. The fourth-order valence-corrected chi connectivity index (χ4v) is 7.04. The van der Waals surface area contributed by atoms with Crippen LogP contribution in [0.25, 0.3) is 0 Å². The number of rotatable bonds is 8. The summed E-state index contributed by atoms with van der Waals surface area (Å²) in [4.78, 5) is 2.40. The van der Waals surface area contributed by atoms with Crippen LogP contribution in [0.4, 0.5) is 0 Å². The highest BCUT2D eigenvalue weighted by atomic mass is 16.5. The van der Waals surface area contributed by atoms with E-state index in [9.17, 15) is 5.11 Å². The van der Waals surface area contributed by atoms with Crippen LogP contribution in [0.3, 0.4) is 0 Å². The van der Waals surface area contributed by atoms with Gasteiger partial charge in [0.1, 0.15) is 0 Å². The standard InChI is InChI=1S/C22H39NO3/c1-16-5-17(2)13-23(12-16)14-21(24)15-25-3-4-26-22-9-18-6-19(10-22)8-20(7-18)11-22/h16-21,24H,3-15H2,1-2H3/t16-,17+,18?,19?,20?,21-,22?/m1/s1. The van der Waals surface area contributed by atoms with Crippen molar-refractivity contribution in [2.24, 2.45) is 29.6 Å². The van der Waals surface area contributed by atoms with E-state index in [4.69, 9.17) is 9.47 Å². The Morgan fingerprint density at radius 3 is 2.08 bits per heavy atom. The van der Waals surface area contributed by atoms with Crippen molar-refractivity contribution in [1.82, 2.24) is 4.90 Å². The zero-order valence-electron chi connectivity index (χ0n) is 16.9. The molecule has 3 atom stereocenters. The first-order valence-corrected chi connectivity index (χ1v) is 11.1. The number of hydrogen-bond acceptors (Lipinski definition) is 4. The molecule has 4 bridgehead atoms. The molecular weight excluding hydrogens is 326 g/mol. The van der Waals surface area contributed by atoms with E-state index in [0.717, 1.165) is 49.2 Å². The highest BCUT2D eigenvalue weighted by Gasteiger charge is 2.51. The number of ether oxygens (including phenoxy) is 2. The minimum absolute atomic E-state index is 0.177. The molecule has 4 aliphatic carbocycles. The summed E-state index contributed by atoms with van der Waals surface area (Å²) >= 11 is 0. The Balaban J connectivity index is 1.11. The van der Waals surface area contributed by atoms with Crippen LogP contribution in [0.5, 0.6) is 0 Å². The zero-order chi connectivity index (χ0) is 18.1. The predicted molar refractivity (Wildman–Crippen MR) is 103 cm³/mol. The van der Waals surface area contributed by atoms with Crippen LogP contribution in [0.15, 0.2) is 0 Å². The first-order valence-electron chi connectivity index (χ1n) is 11.1. The van der Waals surface area contributed by atoms with Crippen molar-refractivity contribution in [3.05, 3.63) is 0 Å². The average molecular weight is 366 g/mol. The summed E-state index contributed by atoms with van der Waals surface area (Å²) in [6.07, 6.45) is 9.15. The highest BCUT2D eigenvalue weighted by Crippen LogP contribution is 2.57. The van der Waals surface area contributed by atoms with Gasteiger partial charge in [0, 0.05) is 19.6 Å². The van der Waals surface area contributed by atoms with Crippen LogP contribution in [0.1, 0.15) is 58.8 Å². The van der Waals surface area contributed by atoms with Gasteiger partial charge in [0.05, 0.1) is 31.5 Å². The summed E-state index contributed by atoms with van der Waals surface area (Å²) in [6.45, 7) is 9.32. The molecule has 5 aliphatic rings. The van der Waals surface area contributed by atoms with Crippen LogP contribution >= 0.6 is 0 Å². The Kier molecular flexibility index (Phi) is 5.95. The molecule has 1 aliphatic heterocycles. The van der Waals surface area contributed by atoms with Gasteiger partial charge in [-0.1, -0.05) is 13.8 Å². The van der Waals surface area contributed by atoms with Gasteiger partial charge in [0.15, 0.2) is 0 Å². The van der Waals surface area contributed by atoms with E-state index in [1.807, 2.05) is 0 Å². The van der Waals surface area contributed by atoms with Crippen molar-refractivity contribution in [1.29, 1.82) is 0 Å². The Hall–Kier alpha value is -0.160. The van der Waals surface area contributed by atoms with Gasteiger partial charge >= 0.3 is 0 Å². The molecule has 26 heavy (non-hydrogen) atoms. The van der Waals surface area contributed by atoms with Crippen molar-refractivity contribution < 1.29 is 14.6 Å². The van der Waals surface area contributed by atoms with Crippen LogP contribution in [0.2, 0.25) is 0 Å². The van der Waals surface area contributed by atoms with Gasteiger partial charge in [-0.25, -0.2) is 0 Å². The maximum Gasteiger partial charge on any atom is 0.0900 e. The quantitative estimate of drug-likeness (QED) is 0.670. The van der Waals surface area contributed by atoms with E-state index in [0.29, 0.717) is 19.8 Å². The van der Waals surface area contributed by atoms with Gasteiger partial charge in [-0.15, -0.1) is 0 Å². The minimum Gasteiger partial charge on any atom is -0.389 e. The summed E-state index contributed by atoms with van der Waals surface area (Å²) < 4.78 is 12.1. The topological polar surface area (TPSA) is 41.9 Å². The number of piperidine rings is 1. The van der Waals surface area contributed by atoms with Gasteiger partial charge in [0.2, 0.25) is 0 Å². The predicted octanol–water partition coefficient (Wildman–Crippen LogP) is 3.33. The minimum atomic E-state index is -0.382. The molecule has 1 saturated heterocycles. The molecule has 4 nitrogen and oxygen atoms in total. The third-order valence-electron chi connectivity index (χ3n) is 7.34. The lowest BCUT2D eigenvalue weighted by Crippen LogP contribution is -2.52. The van der Waals surface area contributed by atoms with E-state index in [1.165, 1.54) is 44.9 Å². The van der Waals surface area contributed by atoms with E-state index in [1.54, 1.807) is 0 Å². The molecule has 0 unspecified atom stereocenters. The van der Waals surface area contributed by atoms with E-state index in [2.05, 4.69) is 18.7 Å². The number of β-amino-alcohol motifs (C(OH)–C–C–N with tert-alkyl or cyclic N) is 1. The lowest BCUT2D eigenvalue weighted by molar-refractivity contribution is -0.170. The maximum absolute atomic E-state index is 10.3. The van der Waals surface area contributed by atoms with Crippen LogP contribution < -0.4 is 0 Å². The first kappa shape index (κ1) is 19.2. The van der Waals surface area contributed by atoms with E-state index in [-0.39, 0.29) is 11.7 Å². The number of aliphatic hydroxyl groups is 1. The molecule has 0 spiro atoms. The van der Waals surface area contributed by atoms with Crippen molar-refractivity contribution in [3.63, 3.8) is 0 Å². The number of aliphatic hydroxyl groups excluding tert-OH is 1. The Labute approximate surface area is 159 Å². The lowest BCUT2D eigenvalue weighted by atomic mass is 9.54. The molecule has 1 heterocycles. The van der Waals surface area contributed by atoms with Crippen LogP contribution in [-0.2, 0) is 9.47 Å². The molecule has 4 saturated carbocycles. The average Bonchev–Trinajstić information content (AvgIpc) is 2.52. The summed E-state index contributed by atoms with van der Waals surface area (Å²) in [5.74, 6) is 4.26. The second-order valence-electron chi connectivity index (χ2n) is 10.3. The van der Waals surface area contributed by atoms with E-state index >= 15 is 0 Å². The van der Waals surface area contributed by atoms with Crippen LogP contribution in [0, 0.1) is 29.6 Å². The Bertz CT molecular complexity index is 423. The first-order chi connectivity index (χ1) is 12.5. The van der Waals surface area contributed by atoms with Crippen molar-refractivity contribution in [2.45, 2.75) is 70.5 Å². The zero-order valence-corrected chi connectivity index (χ0v) is 16.9. The number of likely N-dealkylation sites (tertiary alicyclic amines) is 1. The van der Waals surface area contributed by atoms with Gasteiger partial charge in [0.25, 0.3) is 0 Å². The third kappa shape index (κ3) is 4.63. The van der Waals surface area contributed by atoms with Gasteiger partial charge < -0.3 is 19.5 Å². The monoisotopic (exact) mass is 365 g/mol. The maximum atomic E-state index is 10.3. The lowest BCUT2D eigenvalue weighted by Gasteiger charge is -2.56. The Morgan fingerprint density at radius 1 is 0.923 bits per heavy atom. The molecule has 150 valence electrons. The van der Waals surface area contributed by atoms with Crippen molar-refractivity contribution >= 4 is 0 Å². The fourth-order valence-electron chi connectivity index (χ4n) is 7.04. The number of nitrogens with zero attached hydrogens (tertiary/aromatic N) is 1. The Morgan fingerprint density at radius 2 is 1.50 bits per heavy atom. The second kappa shape index (κ2) is 8.06. The van der Waals surface area contributed by atoms with Gasteiger partial charge in [-0.05, 0) is 74.5 Å². The molecule has 1 N–H and O–H groups in total.